The van der Waals surface area contributed by atoms with E-state index in [0.717, 1.165) is 25.7 Å². The second-order valence-electron chi connectivity index (χ2n) is 4.08. The minimum Gasteiger partial charge on any atom is -0.369 e. The molecule has 0 aliphatic heterocycles. The van der Waals surface area contributed by atoms with E-state index in [-0.39, 0.29) is 28.6 Å². The number of carbonyl (C=O) groups excluding carboxylic acids is 2. The Kier molecular flexibility index (Phi) is 4.57. The summed E-state index contributed by atoms with van der Waals surface area (Å²) < 4.78 is 0. The molecule has 0 bridgehead atoms. The minimum atomic E-state index is -0.214. The van der Waals surface area contributed by atoms with Crippen LogP contribution in [0.25, 0.3) is 0 Å². The molecular weight excluding hydrogens is 260 g/mol. The Morgan fingerprint density at radius 3 is 2.27 bits per heavy atom. The largest absolute Gasteiger partial charge is 0.369 e. The van der Waals surface area contributed by atoms with Crippen LogP contribution in [-0.4, -0.2) is 22.7 Å². The van der Waals surface area contributed by atoms with Crippen LogP contribution in [0.1, 0.15) is 32.6 Å². The van der Waals surface area contributed by atoms with Crippen LogP contribution < -0.4 is 11.1 Å². The topological polar surface area (TPSA) is 72.2 Å². The van der Waals surface area contributed by atoms with Gasteiger partial charge in [0.05, 0.1) is 4.83 Å². The fourth-order valence-corrected chi connectivity index (χ4v) is 1.97. The van der Waals surface area contributed by atoms with Crippen molar-refractivity contribution in [1.82, 2.24) is 5.32 Å². The van der Waals surface area contributed by atoms with Crippen LogP contribution in [0.15, 0.2) is 0 Å². The number of rotatable bonds is 3. The van der Waals surface area contributed by atoms with Crippen molar-refractivity contribution < 1.29 is 9.59 Å². The van der Waals surface area contributed by atoms with Crippen LogP contribution in [0.4, 0.5) is 0 Å². The van der Waals surface area contributed by atoms with Crippen molar-refractivity contribution in [2.24, 2.45) is 11.7 Å². The van der Waals surface area contributed by atoms with Gasteiger partial charge in [0.2, 0.25) is 11.8 Å². The summed E-state index contributed by atoms with van der Waals surface area (Å²) in [6.45, 7) is 1.80. The Labute approximate surface area is 98.1 Å². The third kappa shape index (κ3) is 3.81. The van der Waals surface area contributed by atoms with Crippen molar-refractivity contribution in [2.75, 3.05) is 0 Å². The quantitative estimate of drug-likeness (QED) is 0.753. The third-order valence-electron chi connectivity index (χ3n) is 2.84. The van der Waals surface area contributed by atoms with Gasteiger partial charge in [0.25, 0.3) is 0 Å². The van der Waals surface area contributed by atoms with E-state index in [1.807, 2.05) is 0 Å². The van der Waals surface area contributed by atoms with Crippen LogP contribution in [0, 0.1) is 5.92 Å². The lowest BCUT2D eigenvalue weighted by molar-refractivity contribution is -0.123. The number of nitrogens with two attached hydrogens (primary N) is 1. The van der Waals surface area contributed by atoms with E-state index in [4.69, 9.17) is 5.73 Å². The summed E-state index contributed by atoms with van der Waals surface area (Å²) in [5, 5.41) is 2.94. The van der Waals surface area contributed by atoms with Gasteiger partial charge in [-0.25, -0.2) is 0 Å². The highest BCUT2D eigenvalue weighted by Gasteiger charge is 2.26. The molecule has 1 fully saturated rings. The maximum absolute atomic E-state index is 11.4. The summed E-state index contributed by atoms with van der Waals surface area (Å²) in [6.07, 6.45) is 3.27. The monoisotopic (exact) mass is 276 g/mol. The van der Waals surface area contributed by atoms with Crippen LogP contribution in [0.3, 0.4) is 0 Å². The molecule has 5 heteroatoms. The van der Waals surface area contributed by atoms with Crippen LogP contribution >= 0.6 is 15.9 Å². The number of carbonyl (C=O) groups is 2. The fraction of sp³-hybridized carbons (Fsp3) is 0.800. The van der Waals surface area contributed by atoms with Gasteiger partial charge in [-0.15, -0.1) is 0 Å². The molecular formula is C10H17BrN2O2. The standard InChI is InChI=1S/C10H17BrN2O2/c1-6(11)10(15)13-8-4-2-7(3-5-8)9(12)14/h6-8H,2-5H2,1H3,(H2,12,14)(H,13,15). The molecule has 0 aromatic rings. The first-order chi connectivity index (χ1) is 7.00. The highest BCUT2D eigenvalue weighted by molar-refractivity contribution is 9.10. The zero-order valence-electron chi connectivity index (χ0n) is 8.83. The minimum absolute atomic E-state index is 0.000421. The first-order valence-electron chi connectivity index (χ1n) is 5.24. The van der Waals surface area contributed by atoms with E-state index in [0.29, 0.717) is 0 Å². The summed E-state index contributed by atoms with van der Waals surface area (Å²) in [4.78, 5) is 22.1. The van der Waals surface area contributed by atoms with Crippen molar-refractivity contribution in [2.45, 2.75) is 43.5 Å². The molecule has 0 radical (unpaired) electrons. The van der Waals surface area contributed by atoms with Gasteiger partial charge >= 0.3 is 0 Å². The number of primary amides is 1. The zero-order chi connectivity index (χ0) is 11.4. The lowest BCUT2D eigenvalue weighted by atomic mass is 9.85. The number of amides is 2. The molecule has 0 heterocycles. The van der Waals surface area contributed by atoms with Crippen molar-refractivity contribution in [3.05, 3.63) is 0 Å². The molecule has 1 aliphatic rings. The highest BCUT2D eigenvalue weighted by atomic mass is 79.9. The maximum Gasteiger partial charge on any atom is 0.233 e. The lowest BCUT2D eigenvalue weighted by Gasteiger charge is -2.27. The summed E-state index contributed by atoms with van der Waals surface area (Å²) in [6, 6.07) is 0.202. The smallest absolute Gasteiger partial charge is 0.233 e. The van der Waals surface area contributed by atoms with Gasteiger partial charge in [-0.3, -0.25) is 9.59 Å². The van der Waals surface area contributed by atoms with Gasteiger partial charge in [-0.05, 0) is 32.6 Å². The summed E-state index contributed by atoms with van der Waals surface area (Å²) >= 11 is 3.22. The Balaban J connectivity index is 2.32. The molecule has 1 atom stereocenters. The number of alkyl halides is 1. The molecule has 0 aromatic carbocycles. The molecule has 4 nitrogen and oxygen atoms in total. The molecule has 1 aliphatic carbocycles. The lowest BCUT2D eigenvalue weighted by Crippen LogP contribution is -2.42. The van der Waals surface area contributed by atoms with E-state index in [1.54, 1.807) is 6.92 Å². The van der Waals surface area contributed by atoms with Gasteiger partial charge in [-0.2, -0.15) is 0 Å². The molecule has 86 valence electrons. The summed E-state index contributed by atoms with van der Waals surface area (Å²) in [5.41, 5.74) is 5.23. The van der Waals surface area contributed by atoms with E-state index < -0.39 is 0 Å². The molecule has 1 unspecified atom stereocenters. The first-order valence-corrected chi connectivity index (χ1v) is 6.16. The Bertz CT molecular complexity index is 248. The average molecular weight is 277 g/mol. The van der Waals surface area contributed by atoms with Crippen LogP contribution in [-0.2, 0) is 9.59 Å². The normalized spacial score (nSPS) is 28.1. The molecule has 3 N–H and O–H groups in total. The predicted octanol–water partition coefficient (Wildman–Crippen LogP) is 0.930. The molecule has 15 heavy (non-hydrogen) atoms. The molecule has 0 aromatic heterocycles. The van der Waals surface area contributed by atoms with Gasteiger partial charge in [0.1, 0.15) is 0 Å². The van der Waals surface area contributed by atoms with E-state index in [2.05, 4.69) is 21.2 Å². The first kappa shape index (κ1) is 12.5. The average Bonchev–Trinajstić information content (AvgIpc) is 2.18. The second kappa shape index (κ2) is 5.49. The number of halogens is 1. The molecule has 1 rings (SSSR count). The molecule has 2 amide bonds. The van der Waals surface area contributed by atoms with Crippen molar-refractivity contribution >= 4 is 27.7 Å². The third-order valence-corrected chi connectivity index (χ3v) is 3.25. The van der Waals surface area contributed by atoms with E-state index >= 15 is 0 Å². The van der Waals surface area contributed by atoms with Gasteiger partial charge in [0, 0.05) is 12.0 Å². The molecule has 0 spiro atoms. The maximum atomic E-state index is 11.4. The SMILES string of the molecule is CC(Br)C(=O)NC1CCC(C(N)=O)CC1. The summed E-state index contributed by atoms with van der Waals surface area (Å²) in [5.74, 6) is -0.203. The van der Waals surface area contributed by atoms with Crippen molar-refractivity contribution in [3.8, 4) is 0 Å². The highest BCUT2D eigenvalue weighted by Crippen LogP contribution is 2.24. The number of hydrogen-bond donors (Lipinski definition) is 2. The fourth-order valence-electron chi connectivity index (χ4n) is 1.84. The van der Waals surface area contributed by atoms with Gasteiger partial charge in [-0.1, -0.05) is 15.9 Å². The van der Waals surface area contributed by atoms with Crippen molar-refractivity contribution in [3.63, 3.8) is 0 Å². The van der Waals surface area contributed by atoms with E-state index in [9.17, 15) is 9.59 Å². The van der Waals surface area contributed by atoms with Gasteiger partial charge < -0.3 is 11.1 Å². The van der Waals surface area contributed by atoms with Crippen LogP contribution in [0.2, 0.25) is 0 Å². The zero-order valence-corrected chi connectivity index (χ0v) is 10.4. The van der Waals surface area contributed by atoms with Crippen molar-refractivity contribution in [1.29, 1.82) is 0 Å². The Morgan fingerprint density at radius 1 is 1.33 bits per heavy atom. The molecule has 1 saturated carbocycles. The number of hydrogen-bond acceptors (Lipinski definition) is 2. The predicted molar refractivity (Wildman–Crippen MR) is 61.5 cm³/mol. The molecule has 0 saturated heterocycles. The van der Waals surface area contributed by atoms with Crippen LogP contribution in [0.5, 0.6) is 0 Å². The Hall–Kier alpha value is -0.580. The Morgan fingerprint density at radius 2 is 1.87 bits per heavy atom. The summed E-state index contributed by atoms with van der Waals surface area (Å²) in [7, 11) is 0. The second-order valence-corrected chi connectivity index (χ2v) is 5.45. The van der Waals surface area contributed by atoms with Gasteiger partial charge in [0.15, 0.2) is 0 Å². The van der Waals surface area contributed by atoms with E-state index in [1.165, 1.54) is 0 Å². The number of nitrogens with one attached hydrogen (secondary N) is 1.